The van der Waals surface area contributed by atoms with Gasteiger partial charge in [0.2, 0.25) is 11.8 Å². The number of hydrogen-bond acceptors (Lipinski definition) is 5. The number of imide groups is 1. The van der Waals surface area contributed by atoms with Crippen LogP contribution in [0, 0.1) is 0 Å². The average Bonchev–Trinajstić information content (AvgIpc) is 2.82. The highest BCUT2D eigenvalue weighted by Gasteiger charge is 2.39. The maximum Gasteiger partial charge on any atom is 0.255 e. The van der Waals surface area contributed by atoms with Gasteiger partial charge in [-0.15, -0.1) is 0 Å². The summed E-state index contributed by atoms with van der Waals surface area (Å²) in [6.45, 7) is 2.04. The van der Waals surface area contributed by atoms with Gasteiger partial charge in [0, 0.05) is 24.2 Å². The topological polar surface area (TPSA) is 95.6 Å². The van der Waals surface area contributed by atoms with Crippen molar-refractivity contribution in [2.45, 2.75) is 32.4 Å². The molecule has 0 spiro atoms. The van der Waals surface area contributed by atoms with Crippen LogP contribution in [0.3, 0.4) is 0 Å². The lowest BCUT2D eigenvalue weighted by Crippen LogP contribution is -2.52. The molecule has 1 aromatic carbocycles. The van der Waals surface area contributed by atoms with Crippen LogP contribution in [0.15, 0.2) is 18.2 Å². The van der Waals surface area contributed by atoms with Gasteiger partial charge in [0.05, 0.1) is 6.54 Å². The van der Waals surface area contributed by atoms with Crippen LogP contribution >= 0.6 is 0 Å². The lowest BCUT2D eigenvalue weighted by Gasteiger charge is -2.29. The molecule has 2 heterocycles. The molecule has 2 N–H and O–H groups in total. The molecule has 1 saturated heterocycles. The first-order valence-electron chi connectivity index (χ1n) is 7.46. The number of rotatable bonds is 4. The summed E-state index contributed by atoms with van der Waals surface area (Å²) in [7, 11) is 0. The van der Waals surface area contributed by atoms with E-state index in [1.165, 1.54) is 11.8 Å². The van der Waals surface area contributed by atoms with Crippen molar-refractivity contribution in [2.24, 2.45) is 0 Å². The maximum absolute atomic E-state index is 12.6. The van der Waals surface area contributed by atoms with Crippen molar-refractivity contribution in [3.63, 3.8) is 0 Å². The number of piperidine rings is 1. The Morgan fingerprint density at radius 1 is 1.35 bits per heavy atom. The van der Waals surface area contributed by atoms with Crippen LogP contribution in [-0.4, -0.2) is 41.0 Å². The summed E-state index contributed by atoms with van der Waals surface area (Å²) >= 11 is 0. The number of Topliss-reactive ketones (excluding diaryl/α,β-unsaturated/α-hetero) is 1. The molecule has 0 aromatic heterocycles. The third-order valence-electron chi connectivity index (χ3n) is 4.07. The zero-order chi connectivity index (χ0) is 16.6. The van der Waals surface area contributed by atoms with Crippen molar-refractivity contribution < 1.29 is 19.2 Å². The summed E-state index contributed by atoms with van der Waals surface area (Å²) in [5, 5.41) is 5.24. The van der Waals surface area contributed by atoms with Gasteiger partial charge in [0.25, 0.3) is 5.91 Å². The predicted molar refractivity (Wildman–Crippen MR) is 81.7 cm³/mol. The highest BCUT2D eigenvalue weighted by atomic mass is 16.2. The number of nitrogens with zero attached hydrogens (tertiary/aromatic N) is 1. The van der Waals surface area contributed by atoms with Gasteiger partial charge in [-0.2, -0.15) is 0 Å². The summed E-state index contributed by atoms with van der Waals surface area (Å²) < 4.78 is 0. The fraction of sp³-hybridized carbons (Fsp3) is 0.375. The van der Waals surface area contributed by atoms with Gasteiger partial charge >= 0.3 is 0 Å². The lowest BCUT2D eigenvalue weighted by atomic mass is 10.0. The van der Waals surface area contributed by atoms with Crippen LogP contribution in [0.5, 0.6) is 0 Å². The molecule has 1 aromatic rings. The number of carbonyl (C=O) groups excluding carboxylic acids is 4. The van der Waals surface area contributed by atoms with Gasteiger partial charge in [-0.25, -0.2) is 0 Å². The number of fused-ring (bicyclic) bond motifs is 1. The first-order valence-corrected chi connectivity index (χ1v) is 7.46. The monoisotopic (exact) mass is 315 g/mol. The van der Waals surface area contributed by atoms with Gasteiger partial charge in [-0.05, 0) is 31.0 Å². The maximum atomic E-state index is 12.6. The minimum absolute atomic E-state index is 0.00185. The number of anilines is 1. The number of amides is 3. The van der Waals surface area contributed by atoms with Gasteiger partial charge < -0.3 is 10.2 Å². The Bertz CT molecular complexity index is 713. The van der Waals surface area contributed by atoms with Crippen molar-refractivity contribution in [1.29, 1.82) is 0 Å². The van der Waals surface area contributed by atoms with Crippen LogP contribution in [0.25, 0.3) is 0 Å². The molecule has 1 fully saturated rings. The lowest BCUT2D eigenvalue weighted by molar-refractivity contribution is -0.137. The Morgan fingerprint density at radius 2 is 2.13 bits per heavy atom. The molecule has 1 atom stereocenters. The molecule has 3 amide bonds. The van der Waals surface area contributed by atoms with E-state index < -0.39 is 11.9 Å². The third kappa shape index (κ3) is 2.94. The molecular weight excluding hydrogens is 298 g/mol. The predicted octanol–water partition coefficient (Wildman–Crippen LogP) is 0.448. The number of carbonyl (C=O) groups is 4. The van der Waals surface area contributed by atoms with Crippen molar-refractivity contribution in [2.75, 3.05) is 11.9 Å². The quantitative estimate of drug-likeness (QED) is 0.787. The molecule has 23 heavy (non-hydrogen) atoms. The van der Waals surface area contributed by atoms with E-state index in [1.54, 1.807) is 6.07 Å². The van der Waals surface area contributed by atoms with Crippen LogP contribution < -0.4 is 10.6 Å². The highest BCUT2D eigenvalue weighted by Crippen LogP contribution is 2.29. The van der Waals surface area contributed by atoms with E-state index in [0.29, 0.717) is 24.2 Å². The summed E-state index contributed by atoms with van der Waals surface area (Å²) in [6, 6.07) is 4.72. The summed E-state index contributed by atoms with van der Waals surface area (Å²) in [6.07, 6.45) is 0.585. The number of hydrogen-bond donors (Lipinski definition) is 2. The molecule has 120 valence electrons. The van der Waals surface area contributed by atoms with E-state index in [9.17, 15) is 19.2 Å². The largest absolute Gasteiger partial charge is 0.378 e. The molecular formula is C16H17N3O4. The van der Waals surface area contributed by atoms with Crippen LogP contribution in [0.1, 0.15) is 35.7 Å². The molecule has 3 rings (SSSR count). The number of benzene rings is 1. The van der Waals surface area contributed by atoms with Crippen LogP contribution in [0.2, 0.25) is 0 Å². The zero-order valence-corrected chi connectivity index (χ0v) is 12.7. The smallest absolute Gasteiger partial charge is 0.255 e. The standard InChI is InChI=1S/C16H17N3O4/c1-9(20)7-17-11-3-2-10-8-19(16(23)12(10)6-11)13-4-5-14(21)18-15(13)22/h2-3,6,13,17H,4-5,7-8H2,1H3,(H,18,21,22). The minimum atomic E-state index is -0.610. The molecule has 7 nitrogen and oxygen atoms in total. The fourth-order valence-corrected chi connectivity index (χ4v) is 2.89. The SMILES string of the molecule is CC(=O)CNc1ccc2c(c1)C(=O)N(C1CCC(=O)NC1=O)C2. The molecule has 0 aliphatic carbocycles. The second-order valence-electron chi connectivity index (χ2n) is 5.83. The molecule has 2 aliphatic rings. The Hall–Kier alpha value is -2.70. The van der Waals surface area contributed by atoms with E-state index in [-0.39, 0.29) is 30.6 Å². The van der Waals surface area contributed by atoms with Crippen LogP contribution in [-0.2, 0) is 20.9 Å². The van der Waals surface area contributed by atoms with E-state index in [4.69, 9.17) is 0 Å². The normalized spacial score (nSPS) is 20.3. The van der Waals surface area contributed by atoms with Gasteiger partial charge in [-0.3, -0.25) is 24.5 Å². The Labute approximate surface area is 133 Å². The fourth-order valence-electron chi connectivity index (χ4n) is 2.89. The van der Waals surface area contributed by atoms with Crippen molar-refractivity contribution in [1.82, 2.24) is 10.2 Å². The van der Waals surface area contributed by atoms with Crippen molar-refractivity contribution in [3.05, 3.63) is 29.3 Å². The summed E-state index contributed by atoms with van der Waals surface area (Å²) in [4.78, 5) is 48.3. The Morgan fingerprint density at radius 3 is 2.83 bits per heavy atom. The van der Waals surface area contributed by atoms with Gasteiger partial charge in [-0.1, -0.05) is 6.07 Å². The Kier molecular flexibility index (Phi) is 3.85. The zero-order valence-electron chi connectivity index (χ0n) is 12.7. The van der Waals surface area contributed by atoms with Gasteiger partial charge in [0.15, 0.2) is 0 Å². The Balaban J connectivity index is 1.78. The van der Waals surface area contributed by atoms with Crippen molar-refractivity contribution in [3.8, 4) is 0 Å². The van der Waals surface area contributed by atoms with E-state index in [0.717, 1.165) is 5.56 Å². The number of nitrogens with one attached hydrogen (secondary N) is 2. The second kappa shape index (κ2) is 5.83. The van der Waals surface area contributed by atoms with Gasteiger partial charge in [0.1, 0.15) is 11.8 Å². The van der Waals surface area contributed by atoms with Crippen molar-refractivity contribution >= 4 is 29.2 Å². The summed E-state index contributed by atoms with van der Waals surface area (Å²) in [5.74, 6) is -0.938. The highest BCUT2D eigenvalue weighted by molar-refractivity contribution is 6.05. The molecule has 2 aliphatic heterocycles. The molecule has 0 saturated carbocycles. The molecule has 1 unspecified atom stereocenters. The van der Waals surface area contributed by atoms with E-state index in [2.05, 4.69) is 10.6 Å². The first kappa shape index (κ1) is 15.2. The minimum Gasteiger partial charge on any atom is -0.378 e. The number of ketones is 1. The van der Waals surface area contributed by atoms with E-state index in [1.807, 2.05) is 12.1 Å². The van der Waals surface area contributed by atoms with Crippen LogP contribution in [0.4, 0.5) is 5.69 Å². The third-order valence-corrected chi connectivity index (χ3v) is 4.07. The molecule has 0 radical (unpaired) electrons. The summed E-state index contributed by atoms with van der Waals surface area (Å²) in [5.41, 5.74) is 2.06. The van der Waals surface area contributed by atoms with E-state index >= 15 is 0 Å². The molecule has 7 heteroatoms. The average molecular weight is 315 g/mol. The second-order valence-corrected chi connectivity index (χ2v) is 5.83. The first-order chi connectivity index (χ1) is 11.0. The molecule has 0 bridgehead atoms.